The number of hydrogen-bond acceptors (Lipinski definition) is 2. The Kier molecular flexibility index (Phi) is 2.50. The molecule has 2 aromatic rings. The first-order valence-electron chi connectivity index (χ1n) is 4.80. The van der Waals surface area contributed by atoms with Gasteiger partial charge in [-0.1, -0.05) is 6.07 Å². The van der Waals surface area contributed by atoms with Gasteiger partial charge in [0, 0.05) is 11.1 Å². The van der Waals surface area contributed by atoms with Crippen molar-refractivity contribution in [3.8, 4) is 6.07 Å². The first-order valence-corrected chi connectivity index (χ1v) is 4.80. The molecule has 1 heterocycles. The minimum atomic E-state index is -4.40. The van der Waals surface area contributed by atoms with E-state index in [1.54, 1.807) is 13.0 Å². The van der Waals surface area contributed by atoms with Gasteiger partial charge in [0.25, 0.3) is 0 Å². The fraction of sp³-hybridized carbons (Fsp3) is 0.167. The highest BCUT2D eigenvalue weighted by molar-refractivity contribution is 5.85. The monoisotopic (exact) mass is 236 g/mol. The van der Waals surface area contributed by atoms with Crippen molar-refractivity contribution in [1.29, 1.82) is 5.26 Å². The average Bonchev–Trinajstić information content (AvgIpc) is 2.25. The Balaban J connectivity index is 2.76. The smallest absolute Gasteiger partial charge is 0.253 e. The van der Waals surface area contributed by atoms with Crippen LogP contribution in [-0.2, 0) is 6.18 Å². The number of aromatic nitrogens is 1. The summed E-state index contributed by atoms with van der Waals surface area (Å²) in [6.07, 6.45) is -4.40. The van der Waals surface area contributed by atoms with Crippen LogP contribution in [-0.4, -0.2) is 4.98 Å². The van der Waals surface area contributed by atoms with E-state index in [4.69, 9.17) is 5.26 Å². The fourth-order valence-corrected chi connectivity index (χ4v) is 1.63. The summed E-state index contributed by atoms with van der Waals surface area (Å²) in [5.74, 6) is 0. The van der Waals surface area contributed by atoms with Gasteiger partial charge < -0.3 is 0 Å². The van der Waals surface area contributed by atoms with E-state index in [2.05, 4.69) is 4.98 Å². The van der Waals surface area contributed by atoms with E-state index < -0.39 is 11.7 Å². The normalized spacial score (nSPS) is 11.5. The zero-order valence-corrected chi connectivity index (χ0v) is 8.84. The fourth-order valence-electron chi connectivity index (χ4n) is 1.63. The van der Waals surface area contributed by atoms with Crippen molar-refractivity contribution in [2.24, 2.45) is 0 Å². The van der Waals surface area contributed by atoms with E-state index in [0.29, 0.717) is 16.6 Å². The van der Waals surface area contributed by atoms with Crippen LogP contribution in [0.2, 0.25) is 0 Å². The average molecular weight is 236 g/mol. The predicted molar refractivity (Wildman–Crippen MR) is 56.2 cm³/mol. The van der Waals surface area contributed by atoms with Crippen LogP contribution >= 0.6 is 0 Å². The summed E-state index contributed by atoms with van der Waals surface area (Å²) in [7, 11) is 0. The molecule has 0 amide bonds. The molecule has 0 aliphatic heterocycles. The van der Waals surface area contributed by atoms with Crippen molar-refractivity contribution in [1.82, 2.24) is 4.98 Å². The van der Waals surface area contributed by atoms with Crippen molar-refractivity contribution in [3.63, 3.8) is 0 Å². The van der Waals surface area contributed by atoms with E-state index in [9.17, 15) is 13.2 Å². The molecule has 0 N–H and O–H groups in total. The zero-order valence-electron chi connectivity index (χ0n) is 8.84. The van der Waals surface area contributed by atoms with Crippen molar-refractivity contribution >= 4 is 10.9 Å². The third kappa shape index (κ3) is 2.07. The van der Waals surface area contributed by atoms with Crippen LogP contribution in [0.1, 0.15) is 16.8 Å². The zero-order chi connectivity index (χ0) is 12.6. The van der Waals surface area contributed by atoms with Crippen LogP contribution in [0.4, 0.5) is 13.2 Å². The second-order valence-electron chi connectivity index (χ2n) is 3.65. The SMILES string of the molecule is Cc1cc(C#N)c2ccc(C(F)(F)F)cc2n1. The standard InChI is InChI=1S/C12H7F3N2/c1-7-4-8(6-16)10-3-2-9(12(13,14)15)5-11(10)17-7/h2-5H,1H3. The number of nitrogens with zero attached hydrogens (tertiary/aromatic N) is 2. The number of nitriles is 1. The van der Waals surface area contributed by atoms with E-state index in [1.807, 2.05) is 6.07 Å². The number of halogens is 3. The minimum absolute atomic E-state index is 0.191. The van der Waals surface area contributed by atoms with Crippen molar-refractivity contribution in [2.75, 3.05) is 0 Å². The van der Waals surface area contributed by atoms with Crippen molar-refractivity contribution < 1.29 is 13.2 Å². The molecule has 0 aliphatic carbocycles. The Morgan fingerprint density at radius 3 is 2.53 bits per heavy atom. The number of benzene rings is 1. The lowest BCUT2D eigenvalue weighted by atomic mass is 10.1. The highest BCUT2D eigenvalue weighted by Crippen LogP contribution is 2.31. The molecule has 0 saturated carbocycles. The summed E-state index contributed by atoms with van der Waals surface area (Å²) in [6.45, 7) is 1.64. The van der Waals surface area contributed by atoms with E-state index in [1.165, 1.54) is 6.07 Å². The molecule has 0 fully saturated rings. The Morgan fingerprint density at radius 1 is 1.24 bits per heavy atom. The van der Waals surface area contributed by atoms with Crippen LogP contribution in [0.5, 0.6) is 0 Å². The molecule has 2 nitrogen and oxygen atoms in total. The summed E-state index contributed by atoms with van der Waals surface area (Å²) >= 11 is 0. The van der Waals surface area contributed by atoms with Gasteiger partial charge in [0.05, 0.1) is 22.7 Å². The van der Waals surface area contributed by atoms with E-state index in [0.717, 1.165) is 12.1 Å². The second-order valence-corrected chi connectivity index (χ2v) is 3.65. The van der Waals surface area contributed by atoms with Crippen LogP contribution in [0.3, 0.4) is 0 Å². The molecule has 1 aromatic heterocycles. The van der Waals surface area contributed by atoms with Crippen LogP contribution in [0.25, 0.3) is 10.9 Å². The lowest BCUT2D eigenvalue weighted by molar-refractivity contribution is -0.137. The van der Waals surface area contributed by atoms with Crippen LogP contribution < -0.4 is 0 Å². The highest BCUT2D eigenvalue weighted by atomic mass is 19.4. The molecule has 0 unspecified atom stereocenters. The number of alkyl halides is 3. The number of hydrogen-bond donors (Lipinski definition) is 0. The van der Waals surface area contributed by atoms with Gasteiger partial charge in [-0.25, -0.2) is 0 Å². The quantitative estimate of drug-likeness (QED) is 0.702. The van der Waals surface area contributed by atoms with Gasteiger partial charge in [-0.3, -0.25) is 4.98 Å². The number of fused-ring (bicyclic) bond motifs is 1. The first kappa shape index (κ1) is 11.4. The second kappa shape index (κ2) is 3.74. The highest BCUT2D eigenvalue weighted by Gasteiger charge is 2.30. The third-order valence-electron chi connectivity index (χ3n) is 2.39. The molecule has 17 heavy (non-hydrogen) atoms. The van der Waals surface area contributed by atoms with Gasteiger partial charge in [-0.15, -0.1) is 0 Å². The molecular formula is C12H7F3N2. The van der Waals surface area contributed by atoms with E-state index >= 15 is 0 Å². The van der Waals surface area contributed by atoms with Gasteiger partial charge in [0.2, 0.25) is 0 Å². The van der Waals surface area contributed by atoms with Crippen molar-refractivity contribution in [2.45, 2.75) is 13.1 Å². The lowest BCUT2D eigenvalue weighted by Crippen LogP contribution is -2.04. The maximum atomic E-state index is 12.5. The molecule has 0 radical (unpaired) electrons. The Labute approximate surface area is 95.3 Å². The molecule has 1 aromatic carbocycles. The molecule has 0 spiro atoms. The molecule has 2 rings (SSSR count). The van der Waals surface area contributed by atoms with Gasteiger partial charge in [-0.05, 0) is 25.1 Å². The Hall–Kier alpha value is -2.09. The summed E-state index contributed by atoms with van der Waals surface area (Å²) in [4.78, 5) is 4.01. The minimum Gasteiger partial charge on any atom is -0.253 e. The molecule has 0 aliphatic rings. The Morgan fingerprint density at radius 2 is 1.94 bits per heavy atom. The van der Waals surface area contributed by atoms with Gasteiger partial charge >= 0.3 is 6.18 Å². The van der Waals surface area contributed by atoms with Crippen LogP contribution in [0, 0.1) is 18.3 Å². The van der Waals surface area contributed by atoms with Crippen LogP contribution in [0.15, 0.2) is 24.3 Å². The molecule has 0 bridgehead atoms. The molecule has 0 atom stereocenters. The lowest BCUT2D eigenvalue weighted by Gasteiger charge is -2.08. The summed E-state index contributed by atoms with van der Waals surface area (Å²) in [5, 5.41) is 9.33. The van der Waals surface area contributed by atoms with Gasteiger partial charge in [-0.2, -0.15) is 18.4 Å². The summed E-state index contributed by atoms with van der Waals surface area (Å²) in [6, 6.07) is 6.70. The third-order valence-corrected chi connectivity index (χ3v) is 2.39. The maximum Gasteiger partial charge on any atom is 0.416 e. The predicted octanol–water partition coefficient (Wildman–Crippen LogP) is 3.43. The Bertz CT molecular complexity index is 624. The summed E-state index contributed by atoms with van der Waals surface area (Å²) in [5.41, 5.74) is 0.290. The van der Waals surface area contributed by atoms with Gasteiger partial charge in [0.15, 0.2) is 0 Å². The van der Waals surface area contributed by atoms with E-state index in [-0.39, 0.29) is 5.52 Å². The number of aryl methyl sites for hydroxylation is 1. The van der Waals surface area contributed by atoms with Crippen molar-refractivity contribution in [3.05, 3.63) is 41.1 Å². The maximum absolute atomic E-state index is 12.5. The topological polar surface area (TPSA) is 36.7 Å². The number of rotatable bonds is 0. The summed E-state index contributed by atoms with van der Waals surface area (Å²) < 4.78 is 37.5. The molecule has 86 valence electrons. The molecular weight excluding hydrogens is 229 g/mol. The van der Waals surface area contributed by atoms with Gasteiger partial charge in [0.1, 0.15) is 0 Å². The number of pyridine rings is 1. The largest absolute Gasteiger partial charge is 0.416 e. The first-order chi connectivity index (χ1) is 7.91. The molecule has 0 saturated heterocycles. The molecule has 5 heteroatoms.